The number of rotatable bonds is 1. The third-order valence-corrected chi connectivity index (χ3v) is 8.55. The summed E-state index contributed by atoms with van der Waals surface area (Å²) in [4.78, 5) is 58.8. The second-order valence-electron chi connectivity index (χ2n) is 13.0. The predicted molar refractivity (Wildman–Crippen MR) is 166 cm³/mol. The van der Waals surface area contributed by atoms with Gasteiger partial charge < -0.3 is 24.8 Å². The Bertz CT molecular complexity index is 1500. The van der Waals surface area contributed by atoms with Crippen molar-refractivity contribution in [3.05, 3.63) is 47.7 Å². The fraction of sp³-hybridized carbons (Fsp3) is 0.545. The number of hydrazine groups is 1. The summed E-state index contributed by atoms with van der Waals surface area (Å²) in [6.45, 7) is 11.0. The minimum absolute atomic E-state index is 0.0321. The highest BCUT2D eigenvalue weighted by Gasteiger charge is 2.45. The highest BCUT2D eigenvalue weighted by molar-refractivity contribution is 5.94. The molecule has 4 heterocycles. The van der Waals surface area contributed by atoms with Crippen LogP contribution in [0.2, 0.25) is 0 Å². The van der Waals surface area contributed by atoms with Crippen molar-refractivity contribution in [3.8, 4) is 0 Å². The monoisotopic (exact) mass is 621 g/mol. The van der Waals surface area contributed by atoms with E-state index < -0.39 is 59.1 Å². The van der Waals surface area contributed by atoms with Crippen LogP contribution in [-0.4, -0.2) is 77.4 Å². The molecule has 3 amide bonds. The molecule has 3 aliphatic rings. The van der Waals surface area contributed by atoms with Gasteiger partial charge in [-0.3, -0.25) is 24.2 Å². The van der Waals surface area contributed by atoms with E-state index in [1.165, 1.54) is 5.01 Å². The van der Waals surface area contributed by atoms with Gasteiger partial charge in [-0.2, -0.15) is 0 Å². The second kappa shape index (κ2) is 12.9. The molecule has 3 N–H and O–H groups in total. The average Bonchev–Trinajstić information content (AvgIpc) is 3.01. The number of fused-ring (bicyclic) bond motifs is 4. The Morgan fingerprint density at radius 1 is 1.00 bits per heavy atom. The molecule has 2 saturated heterocycles. The highest BCUT2D eigenvalue weighted by Crippen LogP contribution is 2.33. The van der Waals surface area contributed by atoms with Gasteiger partial charge in [0.1, 0.15) is 29.6 Å². The number of cyclic esters (lactones) is 1. The summed E-state index contributed by atoms with van der Waals surface area (Å²) in [5.74, 6) is -3.00. The van der Waals surface area contributed by atoms with Crippen LogP contribution in [-0.2, 0) is 33.4 Å². The Hall–Kier alpha value is -3.87. The highest BCUT2D eigenvalue weighted by atomic mass is 16.7. The normalized spacial score (nSPS) is 28.5. The summed E-state index contributed by atoms with van der Waals surface area (Å²) in [5, 5.41) is 7.92. The topological polar surface area (TPSA) is 148 Å². The number of ether oxygens (including phenoxy) is 3. The van der Waals surface area contributed by atoms with Gasteiger partial charge in [0.25, 0.3) is 5.91 Å². The van der Waals surface area contributed by atoms with Gasteiger partial charge >= 0.3 is 5.97 Å². The van der Waals surface area contributed by atoms with Crippen molar-refractivity contribution in [1.82, 2.24) is 26.1 Å². The molecule has 4 atom stereocenters. The van der Waals surface area contributed by atoms with Crippen molar-refractivity contribution >= 4 is 40.7 Å². The minimum Gasteiger partial charge on any atom is -0.455 e. The molecule has 5 rings (SSSR count). The lowest BCUT2D eigenvalue weighted by Gasteiger charge is -2.41. The Balaban J connectivity index is 1.54. The Morgan fingerprint density at radius 3 is 2.42 bits per heavy atom. The zero-order valence-corrected chi connectivity index (χ0v) is 26.7. The minimum atomic E-state index is -1.23. The molecule has 0 radical (unpaired) electrons. The van der Waals surface area contributed by atoms with Crippen LogP contribution in [0.4, 0.5) is 0 Å². The number of carbonyl (C=O) groups excluding carboxylic acids is 4. The molecule has 5 bridgehead atoms. The van der Waals surface area contributed by atoms with Gasteiger partial charge in [0, 0.05) is 11.9 Å². The van der Waals surface area contributed by atoms with Gasteiger partial charge in [-0.15, -0.1) is 0 Å². The summed E-state index contributed by atoms with van der Waals surface area (Å²) >= 11 is 0. The molecule has 2 fully saturated rings. The van der Waals surface area contributed by atoms with Crippen molar-refractivity contribution in [3.63, 3.8) is 0 Å². The van der Waals surface area contributed by atoms with E-state index in [4.69, 9.17) is 19.2 Å². The number of hydrogen-bond acceptors (Lipinski definition) is 9. The van der Waals surface area contributed by atoms with Crippen LogP contribution >= 0.6 is 0 Å². The first-order valence-corrected chi connectivity index (χ1v) is 15.5. The Morgan fingerprint density at radius 2 is 1.71 bits per heavy atom. The first-order valence-electron chi connectivity index (χ1n) is 15.5. The van der Waals surface area contributed by atoms with Crippen LogP contribution in [0.5, 0.6) is 0 Å². The fourth-order valence-electron chi connectivity index (χ4n) is 5.58. The third kappa shape index (κ3) is 7.18. The van der Waals surface area contributed by atoms with Gasteiger partial charge in [0.05, 0.1) is 24.4 Å². The van der Waals surface area contributed by atoms with Gasteiger partial charge in [-0.05, 0) is 64.2 Å². The lowest BCUT2D eigenvalue weighted by atomic mass is 9.85. The van der Waals surface area contributed by atoms with E-state index in [0.29, 0.717) is 30.6 Å². The van der Waals surface area contributed by atoms with Crippen LogP contribution < -0.4 is 16.1 Å². The number of hydrogen-bond donors (Lipinski definition) is 3. The number of benzene rings is 1. The van der Waals surface area contributed by atoms with Crippen molar-refractivity contribution in [2.75, 3.05) is 19.8 Å². The molecule has 1 spiro atoms. The SMILES string of the molecule is CC(C)[C@@H]1NC(=O)C2(/C=C/c3ccc4ccc(nc4c3)[C@@H](C)OC(=O)[C@@H]3CCCN(N3)C(=O)[C@H](C)NC1=O)COC(C)(C)OC2. The standard InChI is InChI=1S/C33H43N5O7/c1-19(2)27-28(39)34-20(3)29(40)38-15-7-8-25(37-38)30(41)45-21(4)24-12-11-23-10-9-22(16-26(23)35-24)13-14-33(31(42)36-27)17-43-32(5,6)44-18-33/h9-14,16,19-21,25,27,37H,7-8,15,17-18H2,1-6H3,(H,34,39)(H,36,42)/b14-13+/t20-,21+,25-,27-/m0/s1. The maximum atomic E-state index is 14.0. The number of esters is 1. The van der Waals surface area contributed by atoms with Gasteiger partial charge in [0.2, 0.25) is 11.8 Å². The predicted octanol–water partition coefficient (Wildman–Crippen LogP) is 2.78. The van der Waals surface area contributed by atoms with Crippen LogP contribution in [0.3, 0.4) is 0 Å². The number of nitrogens with one attached hydrogen (secondary N) is 3. The Labute approximate surface area is 263 Å². The van der Waals surface area contributed by atoms with E-state index in [0.717, 1.165) is 10.9 Å². The molecular weight excluding hydrogens is 578 g/mol. The van der Waals surface area contributed by atoms with E-state index in [1.807, 2.05) is 50.3 Å². The van der Waals surface area contributed by atoms with E-state index in [-0.39, 0.29) is 19.1 Å². The number of carbonyl (C=O) groups is 4. The van der Waals surface area contributed by atoms with Crippen LogP contribution in [0.1, 0.15) is 71.7 Å². The molecule has 12 nitrogen and oxygen atoms in total. The quantitative estimate of drug-likeness (QED) is 0.409. The molecule has 45 heavy (non-hydrogen) atoms. The van der Waals surface area contributed by atoms with Crippen molar-refractivity contribution in [2.24, 2.45) is 11.3 Å². The number of amides is 3. The molecule has 0 aliphatic carbocycles. The van der Waals surface area contributed by atoms with Crippen molar-refractivity contribution < 1.29 is 33.4 Å². The summed E-state index contributed by atoms with van der Waals surface area (Å²) in [6, 6.07) is 6.88. The van der Waals surface area contributed by atoms with E-state index in [1.54, 1.807) is 33.8 Å². The zero-order valence-electron chi connectivity index (χ0n) is 26.7. The molecule has 1 aromatic carbocycles. The van der Waals surface area contributed by atoms with E-state index >= 15 is 0 Å². The zero-order chi connectivity index (χ0) is 32.5. The van der Waals surface area contributed by atoms with Gasteiger partial charge in [-0.1, -0.05) is 44.2 Å². The lowest BCUT2D eigenvalue weighted by Crippen LogP contribution is -2.62. The lowest BCUT2D eigenvalue weighted by molar-refractivity contribution is -0.272. The first-order chi connectivity index (χ1) is 21.3. The summed E-state index contributed by atoms with van der Waals surface area (Å²) in [5.41, 5.74) is 3.81. The molecule has 0 unspecified atom stereocenters. The van der Waals surface area contributed by atoms with E-state index in [2.05, 4.69) is 16.1 Å². The van der Waals surface area contributed by atoms with Crippen LogP contribution in [0.25, 0.3) is 17.0 Å². The number of aromatic nitrogens is 1. The van der Waals surface area contributed by atoms with Crippen molar-refractivity contribution in [2.45, 2.75) is 84.4 Å². The van der Waals surface area contributed by atoms with Crippen molar-refractivity contribution in [1.29, 1.82) is 0 Å². The van der Waals surface area contributed by atoms with E-state index in [9.17, 15) is 19.2 Å². The summed E-state index contributed by atoms with van der Waals surface area (Å²) in [7, 11) is 0. The first kappa shape index (κ1) is 32.5. The average molecular weight is 622 g/mol. The molecule has 0 saturated carbocycles. The smallest absolute Gasteiger partial charge is 0.325 e. The van der Waals surface area contributed by atoms with Gasteiger partial charge in [-0.25, -0.2) is 10.4 Å². The maximum absolute atomic E-state index is 14.0. The largest absolute Gasteiger partial charge is 0.455 e. The summed E-state index contributed by atoms with van der Waals surface area (Å²) in [6.07, 6.45) is 3.99. The number of pyridine rings is 1. The number of nitrogens with zero attached hydrogens (tertiary/aromatic N) is 2. The van der Waals surface area contributed by atoms with Crippen LogP contribution in [0, 0.1) is 11.3 Å². The molecule has 242 valence electrons. The van der Waals surface area contributed by atoms with Crippen LogP contribution in [0.15, 0.2) is 36.4 Å². The molecule has 2 aromatic rings. The summed E-state index contributed by atoms with van der Waals surface area (Å²) < 4.78 is 17.7. The third-order valence-electron chi connectivity index (χ3n) is 8.55. The fourth-order valence-corrected chi connectivity index (χ4v) is 5.58. The Kier molecular flexibility index (Phi) is 9.29. The molecule has 3 aliphatic heterocycles. The second-order valence-corrected chi connectivity index (χ2v) is 13.0. The molecule has 1 aromatic heterocycles. The molecule has 12 heteroatoms. The molecular formula is C33H43N5O7. The maximum Gasteiger partial charge on any atom is 0.325 e. The van der Waals surface area contributed by atoms with Gasteiger partial charge in [0.15, 0.2) is 5.79 Å².